The predicted molar refractivity (Wildman–Crippen MR) is 89.5 cm³/mol. The summed E-state index contributed by atoms with van der Waals surface area (Å²) in [5, 5.41) is 11.9. The molecule has 0 spiro atoms. The van der Waals surface area contributed by atoms with Gasteiger partial charge in [-0.1, -0.05) is 24.3 Å². The minimum Gasteiger partial charge on any atom is -0.480 e. The third-order valence-corrected chi connectivity index (χ3v) is 4.38. The van der Waals surface area contributed by atoms with Crippen LogP contribution in [0.1, 0.15) is 12.8 Å². The molecule has 0 bridgehead atoms. The number of anilines is 1. The maximum atomic E-state index is 12.2. The van der Waals surface area contributed by atoms with E-state index < -0.39 is 17.3 Å². The van der Waals surface area contributed by atoms with Gasteiger partial charge in [0, 0.05) is 11.3 Å². The van der Waals surface area contributed by atoms with Gasteiger partial charge in [-0.3, -0.25) is 9.59 Å². The number of hydrogen-bond acceptors (Lipinski definition) is 3. The van der Waals surface area contributed by atoms with Crippen LogP contribution in [0.4, 0.5) is 5.69 Å². The van der Waals surface area contributed by atoms with Crippen LogP contribution in [0.5, 0.6) is 0 Å². The molecule has 120 valence electrons. The summed E-state index contributed by atoms with van der Waals surface area (Å²) in [4.78, 5) is 31.2. The molecule has 0 radical (unpaired) electrons. The molecule has 0 unspecified atom stereocenters. The highest BCUT2D eigenvalue weighted by molar-refractivity contribution is 6.10. The molecule has 1 amide bonds. The van der Waals surface area contributed by atoms with Crippen molar-refractivity contribution in [3.63, 3.8) is 0 Å². The lowest BCUT2D eigenvalue weighted by molar-refractivity contribution is -0.147. The lowest BCUT2D eigenvalue weighted by Gasteiger charge is -2.11. The molecule has 1 aliphatic carbocycles. The van der Waals surface area contributed by atoms with Crippen LogP contribution in [0.2, 0.25) is 0 Å². The molecule has 0 aliphatic heterocycles. The number of carbonyl (C=O) groups excluding carboxylic acids is 1. The van der Waals surface area contributed by atoms with E-state index in [0.29, 0.717) is 24.4 Å². The van der Waals surface area contributed by atoms with Gasteiger partial charge >= 0.3 is 5.97 Å². The second-order valence-corrected chi connectivity index (χ2v) is 6.02. The molecule has 2 aromatic carbocycles. The summed E-state index contributed by atoms with van der Waals surface area (Å²) in [5.41, 5.74) is 1.93. The summed E-state index contributed by atoms with van der Waals surface area (Å²) in [6, 6.07) is 14.9. The first-order valence-corrected chi connectivity index (χ1v) is 7.68. The van der Waals surface area contributed by atoms with Crippen molar-refractivity contribution in [2.45, 2.75) is 12.8 Å². The van der Waals surface area contributed by atoms with Crippen LogP contribution >= 0.6 is 0 Å². The standard InChI is InChI=1S/C18H15N3O3/c22-16(18(8-9-18)17(23)24)19-12-5-3-4-11(10-12)15-20-13-6-1-2-7-14(13)21-15/h1-7,10H,8-9H2,(H,19,22)(H,20,21)(H,23,24). The minimum absolute atomic E-state index is 0.386. The Labute approximate surface area is 137 Å². The van der Waals surface area contributed by atoms with Gasteiger partial charge in [0.05, 0.1) is 11.0 Å². The van der Waals surface area contributed by atoms with Crippen LogP contribution in [0, 0.1) is 5.41 Å². The number of aromatic amines is 1. The number of para-hydroxylation sites is 2. The number of H-pyrrole nitrogens is 1. The number of carboxylic acid groups (broad SMARTS) is 1. The Kier molecular flexibility index (Phi) is 3.13. The van der Waals surface area contributed by atoms with E-state index in [4.69, 9.17) is 0 Å². The summed E-state index contributed by atoms with van der Waals surface area (Å²) in [6.07, 6.45) is 0.773. The van der Waals surface area contributed by atoms with Crippen LogP contribution in [0.15, 0.2) is 48.5 Å². The van der Waals surface area contributed by atoms with Crippen molar-refractivity contribution in [2.24, 2.45) is 5.41 Å². The summed E-state index contributed by atoms with van der Waals surface area (Å²) in [7, 11) is 0. The quantitative estimate of drug-likeness (QED) is 0.644. The van der Waals surface area contributed by atoms with Gasteiger partial charge in [0.2, 0.25) is 5.91 Å². The highest BCUT2D eigenvalue weighted by Crippen LogP contribution is 2.46. The molecule has 4 rings (SSSR count). The number of nitrogens with one attached hydrogen (secondary N) is 2. The fourth-order valence-corrected chi connectivity index (χ4v) is 2.75. The van der Waals surface area contributed by atoms with E-state index in [2.05, 4.69) is 15.3 Å². The summed E-state index contributed by atoms with van der Waals surface area (Å²) in [5.74, 6) is -0.822. The second kappa shape index (κ2) is 5.19. The van der Waals surface area contributed by atoms with Crippen LogP contribution in [0.25, 0.3) is 22.4 Å². The number of imidazole rings is 1. The van der Waals surface area contributed by atoms with Crippen molar-refractivity contribution in [2.75, 3.05) is 5.32 Å². The fourth-order valence-electron chi connectivity index (χ4n) is 2.75. The number of carboxylic acids is 1. The number of hydrogen-bond donors (Lipinski definition) is 3. The molecule has 3 N–H and O–H groups in total. The van der Waals surface area contributed by atoms with E-state index >= 15 is 0 Å². The predicted octanol–water partition coefficient (Wildman–Crippen LogP) is 3.03. The SMILES string of the molecule is O=C(O)C1(C(=O)Nc2cccc(-c3nc4ccccc4[nH]3)c2)CC1. The first-order valence-electron chi connectivity index (χ1n) is 7.68. The first-order chi connectivity index (χ1) is 11.6. The molecule has 3 aromatic rings. The lowest BCUT2D eigenvalue weighted by Crippen LogP contribution is -2.31. The Morgan fingerprint density at radius 3 is 2.62 bits per heavy atom. The Morgan fingerprint density at radius 1 is 1.12 bits per heavy atom. The molecular formula is C18H15N3O3. The zero-order valence-electron chi connectivity index (χ0n) is 12.7. The van der Waals surface area contributed by atoms with Gasteiger partial charge < -0.3 is 15.4 Å². The maximum Gasteiger partial charge on any atom is 0.319 e. The molecular weight excluding hydrogens is 306 g/mol. The van der Waals surface area contributed by atoms with Gasteiger partial charge in [-0.05, 0) is 37.1 Å². The van der Waals surface area contributed by atoms with E-state index in [9.17, 15) is 14.7 Å². The number of fused-ring (bicyclic) bond motifs is 1. The van der Waals surface area contributed by atoms with Crippen LogP contribution in [-0.4, -0.2) is 27.0 Å². The lowest BCUT2D eigenvalue weighted by atomic mass is 10.1. The van der Waals surface area contributed by atoms with Crippen LogP contribution < -0.4 is 5.32 Å². The van der Waals surface area contributed by atoms with Crippen molar-refractivity contribution in [3.05, 3.63) is 48.5 Å². The van der Waals surface area contributed by atoms with Crippen LogP contribution in [-0.2, 0) is 9.59 Å². The summed E-state index contributed by atoms with van der Waals surface area (Å²) >= 11 is 0. The summed E-state index contributed by atoms with van der Waals surface area (Å²) < 4.78 is 0. The van der Waals surface area contributed by atoms with Crippen molar-refractivity contribution in [1.29, 1.82) is 0 Å². The fraction of sp³-hybridized carbons (Fsp3) is 0.167. The molecule has 1 fully saturated rings. The summed E-state index contributed by atoms with van der Waals surface area (Å²) in [6.45, 7) is 0. The number of nitrogens with zero attached hydrogens (tertiary/aromatic N) is 1. The Hall–Kier alpha value is -3.15. The van der Waals surface area contributed by atoms with E-state index in [1.807, 2.05) is 30.3 Å². The monoisotopic (exact) mass is 321 g/mol. The number of carbonyl (C=O) groups is 2. The van der Waals surface area contributed by atoms with Gasteiger partial charge in [0.1, 0.15) is 11.2 Å². The number of rotatable bonds is 4. The van der Waals surface area contributed by atoms with Crippen LogP contribution in [0.3, 0.4) is 0 Å². The maximum absolute atomic E-state index is 12.2. The van der Waals surface area contributed by atoms with E-state index in [0.717, 1.165) is 16.6 Å². The number of aliphatic carboxylic acids is 1. The van der Waals surface area contributed by atoms with Crippen molar-refractivity contribution < 1.29 is 14.7 Å². The van der Waals surface area contributed by atoms with Crippen molar-refractivity contribution >= 4 is 28.6 Å². The molecule has 0 saturated heterocycles. The topological polar surface area (TPSA) is 95.1 Å². The Bertz CT molecular complexity index is 924. The van der Waals surface area contributed by atoms with E-state index in [1.54, 1.807) is 18.2 Å². The van der Waals surface area contributed by atoms with E-state index in [-0.39, 0.29) is 0 Å². The smallest absolute Gasteiger partial charge is 0.319 e. The zero-order valence-corrected chi connectivity index (χ0v) is 12.7. The first kappa shape index (κ1) is 14.4. The highest BCUT2D eigenvalue weighted by Gasteiger charge is 2.57. The Balaban J connectivity index is 1.62. The molecule has 1 saturated carbocycles. The average molecular weight is 321 g/mol. The number of benzene rings is 2. The van der Waals surface area contributed by atoms with Gasteiger partial charge in [-0.15, -0.1) is 0 Å². The minimum atomic E-state index is -1.25. The molecule has 24 heavy (non-hydrogen) atoms. The van der Waals surface area contributed by atoms with Gasteiger partial charge in [0.25, 0.3) is 0 Å². The Morgan fingerprint density at radius 2 is 1.92 bits per heavy atom. The largest absolute Gasteiger partial charge is 0.480 e. The average Bonchev–Trinajstić information content (AvgIpc) is 3.29. The molecule has 6 heteroatoms. The molecule has 6 nitrogen and oxygen atoms in total. The zero-order chi connectivity index (χ0) is 16.7. The van der Waals surface area contributed by atoms with E-state index in [1.165, 1.54) is 0 Å². The highest BCUT2D eigenvalue weighted by atomic mass is 16.4. The van der Waals surface area contributed by atoms with Gasteiger partial charge in [-0.25, -0.2) is 4.98 Å². The normalized spacial score (nSPS) is 15.2. The van der Waals surface area contributed by atoms with Crippen molar-refractivity contribution in [3.8, 4) is 11.4 Å². The van der Waals surface area contributed by atoms with Crippen molar-refractivity contribution in [1.82, 2.24) is 9.97 Å². The second-order valence-electron chi connectivity index (χ2n) is 6.02. The molecule has 1 aromatic heterocycles. The number of aromatic nitrogens is 2. The number of amides is 1. The molecule has 1 aliphatic rings. The third kappa shape index (κ3) is 2.32. The molecule has 1 heterocycles. The van der Waals surface area contributed by atoms with Gasteiger partial charge in [0.15, 0.2) is 0 Å². The third-order valence-electron chi connectivity index (χ3n) is 4.38. The van der Waals surface area contributed by atoms with Gasteiger partial charge in [-0.2, -0.15) is 0 Å². The molecule has 0 atom stereocenters.